The molecule has 0 saturated heterocycles. The lowest BCUT2D eigenvalue weighted by molar-refractivity contribution is -0.114. The van der Waals surface area contributed by atoms with Gasteiger partial charge < -0.3 is 9.52 Å². The fraction of sp³-hybridized carbons (Fsp3) is 0.121. The number of hydrogen-bond acceptors (Lipinski definition) is 6. The summed E-state index contributed by atoms with van der Waals surface area (Å²) in [5.74, 6) is -0.0952. The van der Waals surface area contributed by atoms with Crippen LogP contribution < -0.4 is 0 Å². The number of aromatic nitrogens is 3. The molecule has 0 saturated carbocycles. The van der Waals surface area contributed by atoms with Gasteiger partial charge in [-0.25, -0.2) is 9.97 Å². The minimum absolute atomic E-state index is 0.0133. The molecule has 0 atom stereocenters. The lowest BCUT2D eigenvalue weighted by Crippen LogP contribution is -2.12. The van der Waals surface area contributed by atoms with Gasteiger partial charge in [0, 0.05) is 57.2 Å². The Kier molecular flexibility index (Phi) is 12.0. The summed E-state index contributed by atoms with van der Waals surface area (Å²) < 4.78 is 6.37. The lowest BCUT2D eigenvalue weighted by atomic mass is 9.82. The Hall–Kier alpha value is -8.74. The Bertz CT molecular complexity index is 3890. The van der Waals surface area contributed by atoms with Crippen molar-refractivity contribution in [3.05, 3.63) is 223 Å². The number of aryl methyl sites for hydroxylation is 2. The number of fused-ring (bicyclic) bond motifs is 4. The molecule has 0 spiro atoms. The number of nitrogens with zero attached hydrogens (tertiary/aromatic N) is 3. The minimum Gasteiger partial charge on any atom is -0.512 e. The standard InChI is InChI=1S/C66H53N3O3/c1-41-21-31-59-58-18-12-19-60(64(58)72-65(59)68-41)63-34-28-47(40-67-63)55-15-8-10-17-57(55)50-37-48(53-32-29-51(66(3,4)5)39-46(53)26-30-52(71)35-42(2)70)36-49(38-50)56-16-9-7-14-54(56)43-22-24-45(25-23-43)62-33-27-44-13-6-11-20-61(44)69-62/h6-25,27-29,31-40,70H,26,30H2,1-5H3/b42-35-. The summed E-state index contributed by atoms with van der Waals surface area (Å²) in [5, 5.41) is 13.1. The van der Waals surface area contributed by atoms with Gasteiger partial charge in [-0.2, -0.15) is 0 Å². The molecule has 0 aliphatic heterocycles. The molecule has 0 unspecified atom stereocenters. The third-order valence-corrected chi connectivity index (χ3v) is 13.6. The van der Waals surface area contributed by atoms with Crippen LogP contribution >= 0.6 is 0 Å². The molecule has 1 N–H and O–H groups in total. The van der Waals surface area contributed by atoms with E-state index in [0.29, 0.717) is 12.1 Å². The van der Waals surface area contributed by atoms with Gasteiger partial charge in [-0.1, -0.05) is 154 Å². The fourth-order valence-electron chi connectivity index (χ4n) is 9.91. The van der Waals surface area contributed by atoms with Crippen LogP contribution in [0.1, 0.15) is 50.9 Å². The van der Waals surface area contributed by atoms with E-state index in [-0.39, 0.29) is 23.4 Å². The number of para-hydroxylation sites is 2. The number of pyridine rings is 3. The fourth-order valence-corrected chi connectivity index (χ4v) is 9.91. The molecule has 0 aliphatic carbocycles. The highest BCUT2D eigenvalue weighted by Crippen LogP contribution is 2.43. The number of furan rings is 1. The molecule has 350 valence electrons. The van der Waals surface area contributed by atoms with Gasteiger partial charge >= 0.3 is 0 Å². The second kappa shape index (κ2) is 18.9. The predicted octanol–water partition coefficient (Wildman–Crippen LogP) is 17.2. The van der Waals surface area contributed by atoms with Gasteiger partial charge in [0.25, 0.3) is 0 Å². The van der Waals surface area contributed by atoms with Crippen LogP contribution in [0, 0.1) is 6.92 Å². The molecule has 0 aliphatic rings. The van der Waals surface area contributed by atoms with Crippen LogP contribution in [0.25, 0.3) is 111 Å². The molecular formula is C66H53N3O3. The number of allylic oxidation sites excluding steroid dienone is 2. The first kappa shape index (κ1) is 45.7. The predicted molar refractivity (Wildman–Crippen MR) is 296 cm³/mol. The van der Waals surface area contributed by atoms with E-state index in [1.54, 1.807) is 0 Å². The van der Waals surface area contributed by atoms with Crippen molar-refractivity contribution in [1.29, 1.82) is 0 Å². The van der Waals surface area contributed by atoms with Crippen LogP contribution in [-0.4, -0.2) is 25.8 Å². The van der Waals surface area contributed by atoms with E-state index in [0.717, 1.165) is 117 Å². The third-order valence-electron chi connectivity index (χ3n) is 13.6. The topological polar surface area (TPSA) is 89.1 Å². The van der Waals surface area contributed by atoms with Crippen LogP contribution in [0.15, 0.2) is 211 Å². The average Bonchev–Trinajstić information content (AvgIpc) is 3.77. The van der Waals surface area contributed by atoms with Crippen molar-refractivity contribution in [2.75, 3.05) is 0 Å². The van der Waals surface area contributed by atoms with Gasteiger partial charge in [-0.3, -0.25) is 9.78 Å². The van der Waals surface area contributed by atoms with E-state index in [2.05, 4.69) is 190 Å². The van der Waals surface area contributed by atoms with E-state index in [1.165, 1.54) is 18.6 Å². The Morgan fingerprint density at radius 1 is 0.556 bits per heavy atom. The number of hydrogen-bond donors (Lipinski definition) is 1. The molecule has 0 radical (unpaired) electrons. The van der Waals surface area contributed by atoms with E-state index in [4.69, 9.17) is 14.4 Å². The molecule has 0 bridgehead atoms. The Balaban J connectivity index is 1.04. The normalized spacial score (nSPS) is 12.0. The zero-order valence-electron chi connectivity index (χ0n) is 41.1. The zero-order chi connectivity index (χ0) is 49.5. The molecule has 6 heteroatoms. The number of aliphatic hydroxyl groups is 1. The van der Waals surface area contributed by atoms with Crippen LogP contribution in [0.3, 0.4) is 0 Å². The van der Waals surface area contributed by atoms with E-state index < -0.39 is 0 Å². The van der Waals surface area contributed by atoms with E-state index in [9.17, 15) is 9.90 Å². The van der Waals surface area contributed by atoms with Crippen molar-refractivity contribution in [2.45, 2.75) is 52.9 Å². The quantitative estimate of drug-likeness (QED) is 0.103. The highest BCUT2D eigenvalue weighted by Gasteiger charge is 2.21. The molecule has 4 heterocycles. The number of carbonyl (C=O) groups is 1. The van der Waals surface area contributed by atoms with E-state index in [1.807, 2.05) is 37.4 Å². The SMILES string of the molecule is C/C(O)=C/C(=O)CCc1cc(C(C)(C)C)ccc1-c1cc(-c2ccccc2-c2ccc(-c3ccc4ccccc4n3)cc2)cc(-c2ccccc2-c2ccc(-c3cccc4c3oc3nc(C)ccc34)nc2)c1. The summed E-state index contributed by atoms with van der Waals surface area (Å²) in [7, 11) is 0. The van der Waals surface area contributed by atoms with Gasteiger partial charge in [-0.15, -0.1) is 0 Å². The summed E-state index contributed by atoms with van der Waals surface area (Å²) >= 11 is 0. The van der Waals surface area contributed by atoms with Crippen molar-refractivity contribution in [2.24, 2.45) is 0 Å². The maximum atomic E-state index is 13.1. The number of rotatable bonds is 11. The maximum Gasteiger partial charge on any atom is 0.227 e. The molecule has 6 nitrogen and oxygen atoms in total. The van der Waals surface area contributed by atoms with Crippen LogP contribution in [0.5, 0.6) is 0 Å². The van der Waals surface area contributed by atoms with Crippen LogP contribution in [-0.2, 0) is 16.6 Å². The first-order valence-corrected chi connectivity index (χ1v) is 24.5. The Labute approximate surface area is 420 Å². The summed E-state index contributed by atoms with van der Waals surface area (Å²) in [6.45, 7) is 10.1. The molecule has 11 aromatic rings. The van der Waals surface area contributed by atoms with Gasteiger partial charge in [-0.05, 0) is 141 Å². The monoisotopic (exact) mass is 935 g/mol. The molecule has 72 heavy (non-hydrogen) atoms. The van der Waals surface area contributed by atoms with Crippen LogP contribution in [0.2, 0.25) is 0 Å². The summed E-state index contributed by atoms with van der Waals surface area (Å²) in [6.07, 6.45) is 4.07. The Morgan fingerprint density at radius 2 is 1.17 bits per heavy atom. The van der Waals surface area contributed by atoms with Gasteiger partial charge in [0.2, 0.25) is 5.71 Å². The Morgan fingerprint density at radius 3 is 1.85 bits per heavy atom. The average molecular weight is 936 g/mol. The molecule has 0 fully saturated rings. The molecule has 11 rings (SSSR count). The first-order valence-electron chi connectivity index (χ1n) is 24.5. The zero-order valence-corrected chi connectivity index (χ0v) is 41.1. The van der Waals surface area contributed by atoms with E-state index >= 15 is 0 Å². The number of ketones is 1. The molecule has 0 amide bonds. The van der Waals surface area contributed by atoms with Crippen molar-refractivity contribution in [3.8, 4) is 78.1 Å². The molecule has 4 aromatic heterocycles. The largest absolute Gasteiger partial charge is 0.512 e. The molecule has 7 aromatic carbocycles. The lowest BCUT2D eigenvalue weighted by Gasteiger charge is -2.22. The first-order chi connectivity index (χ1) is 34.9. The minimum atomic E-state index is -0.109. The van der Waals surface area contributed by atoms with Gasteiger partial charge in [0.15, 0.2) is 5.78 Å². The smallest absolute Gasteiger partial charge is 0.227 e. The van der Waals surface area contributed by atoms with Gasteiger partial charge in [0.05, 0.1) is 22.7 Å². The summed E-state index contributed by atoms with van der Waals surface area (Å²) in [4.78, 5) is 27.8. The molecular weight excluding hydrogens is 883 g/mol. The second-order valence-corrected chi connectivity index (χ2v) is 19.8. The number of benzene rings is 7. The van der Waals surface area contributed by atoms with Crippen molar-refractivity contribution >= 4 is 38.8 Å². The summed E-state index contributed by atoms with van der Waals surface area (Å²) in [6, 6.07) is 66.3. The van der Waals surface area contributed by atoms with Crippen molar-refractivity contribution in [1.82, 2.24) is 15.0 Å². The second-order valence-electron chi connectivity index (χ2n) is 19.8. The highest BCUT2D eigenvalue weighted by atomic mass is 16.3. The van der Waals surface area contributed by atoms with Crippen LogP contribution in [0.4, 0.5) is 0 Å². The summed E-state index contributed by atoms with van der Waals surface area (Å²) in [5.41, 5.74) is 19.7. The third kappa shape index (κ3) is 9.11. The number of aliphatic hydroxyl groups excluding tert-OH is 1. The van der Waals surface area contributed by atoms with Gasteiger partial charge in [0.1, 0.15) is 5.58 Å². The highest BCUT2D eigenvalue weighted by molar-refractivity contribution is 6.08. The van der Waals surface area contributed by atoms with Crippen molar-refractivity contribution < 1.29 is 14.3 Å². The van der Waals surface area contributed by atoms with Crippen molar-refractivity contribution in [3.63, 3.8) is 0 Å². The number of carbonyl (C=O) groups excluding carboxylic acids is 1. The maximum absolute atomic E-state index is 13.1.